The third kappa shape index (κ3) is 2.94. The molecule has 29 heavy (non-hydrogen) atoms. The largest absolute Gasteiger partial charge is 0.420 e. The van der Waals surface area contributed by atoms with Crippen LogP contribution in [0.4, 0.5) is 10.5 Å². The molecule has 2 aromatic carbocycles. The van der Waals surface area contributed by atoms with E-state index in [4.69, 9.17) is 4.42 Å². The zero-order chi connectivity index (χ0) is 20.8. The summed E-state index contributed by atoms with van der Waals surface area (Å²) in [6.45, 7) is 1.58. The van der Waals surface area contributed by atoms with Crippen LogP contribution >= 0.6 is 0 Å². The van der Waals surface area contributed by atoms with E-state index >= 15 is 0 Å². The number of carbonyl (C=O) groups excluding carboxylic acids is 2. The Hall–Kier alpha value is -3.95. The fourth-order valence-electron chi connectivity index (χ4n) is 3.44. The molecule has 1 aliphatic rings. The molecular weight excluding hydrogens is 380 g/mol. The van der Waals surface area contributed by atoms with Crippen LogP contribution in [0.1, 0.15) is 12.5 Å². The third-order valence-corrected chi connectivity index (χ3v) is 5.05. The maximum atomic E-state index is 13.0. The summed E-state index contributed by atoms with van der Waals surface area (Å²) < 4.78 is 6.52. The van der Waals surface area contributed by atoms with Crippen molar-refractivity contribution >= 4 is 28.7 Å². The van der Waals surface area contributed by atoms with Crippen molar-refractivity contribution in [2.24, 2.45) is 0 Å². The molecule has 1 saturated heterocycles. The molecule has 0 saturated carbocycles. The fourth-order valence-corrected chi connectivity index (χ4v) is 3.44. The first-order chi connectivity index (χ1) is 13.8. The molecule has 1 unspecified atom stereocenters. The van der Waals surface area contributed by atoms with E-state index in [0.29, 0.717) is 16.7 Å². The second-order valence-electron chi connectivity index (χ2n) is 6.80. The van der Waals surface area contributed by atoms with E-state index in [-0.39, 0.29) is 18.8 Å². The zero-order valence-corrected chi connectivity index (χ0v) is 15.3. The number of nitro groups is 1. The lowest BCUT2D eigenvalue weighted by atomic mass is 9.92. The number of hydrogen-bond donors (Lipinski definition) is 1. The number of para-hydroxylation sites is 2. The Morgan fingerprint density at radius 2 is 1.76 bits per heavy atom. The van der Waals surface area contributed by atoms with Crippen LogP contribution in [0.3, 0.4) is 0 Å². The summed E-state index contributed by atoms with van der Waals surface area (Å²) in [7, 11) is 0. The number of non-ortho nitro benzene ring substituents is 1. The van der Waals surface area contributed by atoms with Gasteiger partial charge in [0.25, 0.3) is 11.6 Å². The summed E-state index contributed by atoms with van der Waals surface area (Å²) in [5, 5.41) is 13.5. The molecule has 148 valence electrons. The average molecular weight is 396 g/mol. The molecule has 0 spiro atoms. The molecule has 10 heteroatoms. The summed E-state index contributed by atoms with van der Waals surface area (Å²) in [6, 6.07) is 11.7. The average Bonchev–Trinajstić information content (AvgIpc) is 3.13. The molecule has 3 amide bonds. The molecule has 1 aromatic heterocycles. The topological polar surface area (TPSA) is 128 Å². The number of nitro benzene ring substituents is 1. The van der Waals surface area contributed by atoms with Crippen LogP contribution in [0.15, 0.2) is 57.7 Å². The Morgan fingerprint density at radius 1 is 1.07 bits per heavy atom. The molecule has 2 heterocycles. The number of carbonyl (C=O) groups is 2. The van der Waals surface area contributed by atoms with E-state index in [9.17, 15) is 24.5 Å². The molecule has 0 aliphatic carbocycles. The molecule has 1 N–H and O–H groups in total. The summed E-state index contributed by atoms with van der Waals surface area (Å²) in [5.74, 6) is -1.08. The van der Waals surface area contributed by atoms with Gasteiger partial charge in [-0.1, -0.05) is 12.1 Å². The van der Waals surface area contributed by atoms with E-state index in [2.05, 4.69) is 5.32 Å². The minimum Gasteiger partial charge on any atom is -0.408 e. The number of nitrogens with one attached hydrogen (secondary N) is 1. The minimum atomic E-state index is -1.35. The lowest BCUT2D eigenvalue weighted by Crippen LogP contribution is -2.41. The van der Waals surface area contributed by atoms with Crippen LogP contribution in [-0.4, -0.2) is 32.9 Å². The molecule has 10 nitrogen and oxygen atoms in total. The highest BCUT2D eigenvalue weighted by molar-refractivity contribution is 6.07. The van der Waals surface area contributed by atoms with E-state index < -0.39 is 28.2 Å². The van der Waals surface area contributed by atoms with Crippen LogP contribution in [0.5, 0.6) is 0 Å². The minimum absolute atomic E-state index is 0.0311. The molecule has 1 aliphatic heterocycles. The maximum absolute atomic E-state index is 13.0. The first-order valence-corrected chi connectivity index (χ1v) is 8.78. The van der Waals surface area contributed by atoms with Crippen molar-refractivity contribution in [1.82, 2.24) is 14.8 Å². The van der Waals surface area contributed by atoms with Gasteiger partial charge < -0.3 is 9.73 Å². The number of oxazole rings is 1. The second kappa shape index (κ2) is 6.59. The predicted octanol–water partition coefficient (Wildman–Crippen LogP) is 1.97. The number of urea groups is 1. The van der Waals surface area contributed by atoms with Gasteiger partial charge in [-0.2, -0.15) is 0 Å². The van der Waals surface area contributed by atoms with Crippen molar-refractivity contribution in [3.05, 3.63) is 74.8 Å². The highest BCUT2D eigenvalue weighted by atomic mass is 16.6. The summed E-state index contributed by atoms with van der Waals surface area (Å²) in [6.07, 6.45) is 0. The standard InChI is InChI=1S/C19H16N4O6/c1-19(12-6-8-13(9-7-12)23(27)28)16(24)22(17(25)20-19)11-10-21-14-4-2-3-5-15(14)29-18(21)26/h2-9H,10-11H2,1H3,(H,20,25). The van der Waals surface area contributed by atoms with Crippen LogP contribution in [0.25, 0.3) is 11.1 Å². The lowest BCUT2D eigenvalue weighted by molar-refractivity contribution is -0.384. The number of fused-ring (bicyclic) bond motifs is 1. The van der Waals surface area contributed by atoms with Crippen molar-refractivity contribution in [1.29, 1.82) is 0 Å². The molecule has 0 radical (unpaired) electrons. The van der Waals surface area contributed by atoms with Gasteiger partial charge in [0.1, 0.15) is 5.54 Å². The van der Waals surface area contributed by atoms with Crippen molar-refractivity contribution in [3.63, 3.8) is 0 Å². The third-order valence-electron chi connectivity index (χ3n) is 5.05. The molecule has 1 atom stereocenters. The van der Waals surface area contributed by atoms with Crippen molar-refractivity contribution in [2.75, 3.05) is 6.54 Å². The Morgan fingerprint density at radius 3 is 2.45 bits per heavy atom. The normalized spacial score (nSPS) is 19.0. The smallest absolute Gasteiger partial charge is 0.408 e. The number of nitrogens with zero attached hydrogens (tertiary/aromatic N) is 3. The van der Waals surface area contributed by atoms with Gasteiger partial charge in [-0.05, 0) is 36.8 Å². The van der Waals surface area contributed by atoms with Gasteiger partial charge in [0, 0.05) is 25.2 Å². The Balaban J connectivity index is 1.57. The monoisotopic (exact) mass is 396 g/mol. The second-order valence-corrected chi connectivity index (χ2v) is 6.80. The first kappa shape index (κ1) is 18.4. The van der Waals surface area contributed by atoms with E-state index in [0.717, 1.165) is 4.90 Å². The molecule has 0 bridgehead atoms. The van der Waals surface area contributed by atoms with Crippen LogP contribution in [-0.2, 0) is 16.9 Å². The number of aromatic nitrogens is 1. The first-order valence-electron chi connectivity index (χ1n) is 8.78. The van der Waals surface area contributed by atoms with Crippen molar-refractivity contribution in [2.45, 2.75) is 19.0 Å². The summed E-state index contributed by atoms with van der Waals surface area (Å²) >= 11 is 0. The van der Waals surface area contributed by atoms with Gasteiger partial charge in [-0.15, -0.1) is 0 Å². The van der Waals surface area contributed by atoms with Crippen molar-refractivity contribution in [3.8, 4) is 0 Å². The Labute approximate surface area is 163 Å². The molecular formula is C19H16N4O6. The van der Waals surface area contributed by atoms with E-state index in [1.807, 2.05) is 0 Å². The maximum Gasteiger partial charge on any atom is 0.420 e. The quantitative estimate of drug-likeness (QED) is 0.399. The highest BCUT2D eigenvalue weighted by Crippen LogP contribution is 2.30. The van der Waals surface area contributed by atoms with Crippen LogP contribution in [0.2, 0.25) is 0 Å². The highest BCUT2D eigenvalue weighted by Gasteiger charge is 2.48. The number of benzene rings is 2. The number of rotatable bonds is 5. The predicted molar refractivity (Wildman–Crippen MR) is 101 cm³/mol. The van der Waals surface area contributed by atoms with Crippen LogP contribution in [0, 0.1) is 10.1 Å². The summed E-state index contributed by atoms with van der Waals surface area (Å²) in [5.41, 5.74) is -0.0458. The lowest BCUT2D eigenvalue weighted by Gasteiger charge is -2.22. The van der Waals surface area contributed by atoms with Crippen LogP contribution < -0.4 is 11.1 Å². The van der Waals surface area contributed by atoms with E-state index in [1.54, 1.807) is 24.3 Å². The zero-order valence-electron chi connectivity index (χ0n) is 15.3. The van der Waals surface area contributed by atoms with Gasteiger partial charge >= 0.3 is 11.8 Å². The van der Waals surface area contributed by atoms with Gasteiger partial charge in [0.2, 0.25) is 0 Å². The van der Waals surface area contributed by atoms with Crippen molar-refractivity contribution < 1.29 is 18.9 Å². The Kier molecular flexibility index (Phi) is 4.18. The number of hydrogen-bond acceptors (Lipinski definition) is 6. The van der Waals surface area contributed by atoms with E-state index in [1.165, 1.54) is 35.8 Å². The van der Waals surface area contributed by atoms with Gasteiger partial charge in [0.15, 0.2) is 5.58 Å². The van der Waals surface area contributed by atoms with Gasteiger partial charge in [-0.25, -0.2) is 9.59 Å². The SMILES string of the molecule is CC1(c2ccc([N+](=O)[O-])cc2)NC(=O)N(CCn2c(=O)oc3ccccc32)C1=O. The molecule has 1 fully saturated rings. The summed E-state index contributed by atoms with van der Waals surface area (Å²) in [4.78, 5) is 48.8. The Bertz CT molecular complexity index is 1200. The van der Waals surface area contributed by atoms with Gasteiger partial charge in [-0.3, -0.25) is 24.4 Å². The fraction of sp³-hybridized carbons (Fsp3) is 0.211. The van der Waals surface area contributed by atoms with Gasteiger partial charge in [0.05, 0.1) is 10.4 Å². The molecule has 4 rings (SSSR count). The number of imide groups is 1. The molecule has 3 aromatic rings. The number of amides is 3.